The Morgan fingerprint density at radius 1 is 1.23 bits per heavy atom. The summed E-state index contributed by atoms with van der Waals surface area (Å²) in [5.74, 6) is -0.354. The van der Waals surface area contributed by atoms with Crippen molar-refractivity contribution in [1.29, 1.82) is 0 Å². The number of rotatable bonds is 2. The Bertz CT molecular complexity index is 739. The van der Waals surface area contributed by atoms with Crippen LogP contribution in [-0.4, -0.2) is 30.1 Å². The standard InChI is InChI=1S/C16H18Cl2N2O2/c1-16(2,3)14-11(18)8-9-6-7-10(17)12(13(9)19-14)15(21)20(4)22-5/h6-8H,1-5H3. The van der Waals surface area contributed by atoms with Gasteiger partial charge in [-0.2, -0.15) is 0 Å². The van der Waals surface area contributed by atoms with Crippen LogP contribution < -0.4 is 0 Å². The number of hydrogen-bond donors (Lipinski definition) is 0. The van der Waals surface area contributed by atoms with E-state index >= 15 is 0 Å². The Morgan fingerprint density at radius 3 is 2.41 bits per heavy atom. The maximum absolute atomic E-state index is 12.5. The molecular formula is C16H18Cl2N2O2. The Hall–Kier alpha value is -1.36. The molecule has 0 atom stereocenters. The number of benzene rings is 1. The van der Waals surface area contributed by atoms with Crippen molar-refractivity contribution in [2.45, 2.75) is 26.2 Å². The van der Waals surface area contributed by atoms with Gasteiger partial charge in [-0.25, -0.2) is 10.0 Å². The monoisotopic (exact) mass is 340 g/mol. The van der Waals surface area contributed by atoms with Gasteiger partial charge in [-0.15, -0.1) is 0 Å². The molecular weight excluding hydrogens is 323 g/mol. The number of amides is 1. The van der Waals surface area contributed by atoms with Crippen LogP contribution >= 0.6 is 23.2 Å². The molecule has 0 bridgehead atoms. The first-order valence-electron chi connectivity index (χ1n) is 6.78. The number of hydroxylamine groups is 2. The van der Waals surface area contributed by atoms with Crippen molar-refractivity contribution in [1.82, 2.24) is 10.0 Å². The first-order valence-corrected chi connectivity index (χ1v) is 7.53. The summed E-state index contributed by atoms with van der Waals surface area (Å²) in [7, 11) is 2.94. The fourth-order valence-electron chi connectivity index (χ4n) is 2.16. The predicted octanol–water partition coefficient (Wildman–Crippen LogP) is 4.47. The third kappa shape index (κ3) is 3.05. The van der Waals surface area contributed by atoms with Crippen LogP contribution in [0.25, 0.3) is 10.9 Å². The number of fused-ring (bicyclic) bond motifs is 1. The van der Waals surface area contributed by atoms with Gasteiger partial charge in [-0.05, 0) is 12.1 Å². The molecule has 1 amide bonds. The summed E-state index contributed by atoms with van der Waals surface area (Å²) in [5, 5.41) is 2.78. The van der Waals surface area contributed by atoms with Crippen LogP contribution in [0.3, 0.4) is 0 Å². The Labute approximate surface area is 139 Å². The SMILES string of the molecule is CON(C)C(=O)c1c(Cl)ccc2cc(Cl)c(C(C)(C)C)nc12. The number of carbonyl (C=O) groups excluding carboxylic acids is 1. The summed E-state index contributed by atoms with van der Waals surface area (Å²) >= 11 is 12.6. The molecule has 0 aliphatic rings. The third-order valence-corrected chi connectivity index (χ3v) is 3.98. The van der Waals surface area contributed by atoms with Crippen LogP contribution in [0.2, 0.25) is 10.0 Å². The molecule has 6 heteroatoms. The Balaban J connectivity index is 2.80. The first kappa shape index (κ1) is 17.0. The quantitative estimate of drug-likeness (QED) is 0.757. The number of hydrogen-bond acceptors (Lipinski definition) is 3. The van der Waals surface area contributed by atoms with Gasteiger partial charge in [0.15, 0.2) is 0 Å². The molecule has 1 heterocycles. The van der Waals surface area contributed by atoms with Crippen LogP contribution in [0.15, 0.2) is 18.2 Å². The fraction of sp³-hybridized carbons (Fsp3) is 0.375. The van der Waals surface area contributed by atoms with Gasteiger partial charge < -0.3 is 0 Å². The van der Waals surface area contributed by atoms with Gasteiger partial charge in [0.25, 0.3) is 5.91 Å². The van der Waals surface area contributed by atoms with Gasteiger partial charge >= 0.3 is 0 Å². The minimum atomic E-state index is -0.354. The number of pyridine rings is 1. The second-order valence-corrected chi connectivity index (χ2v) is 6.86. The average Bonchev–Trinajstić information content (AvgIpc) is 2.44. The molecule has 0 radical (unpaired) electrons. The smallest absolute Gasteiger partial charge is 0.274 e. The lowest BCUT2D eigenvalue weighted by Gasteiger charge is -2.21. The molecule has 0 aliphatic carbocycles. The molecule has 118 valence electrons. The Kier molecular flexibility index (Phi) is 4.66. The van der Waals surface area contributed by atoms with Gasteiger partial charge in [0.05, 0.1) is 33.9 Å². The summed E-state index contributed by atoms with van der Waals surface area (Å²) in [6.07, 6.45) is 0. The maximum atomic E-state index is 12.5. The van der Waals surface area contributed by atoms with E-state index in [2.05, 4.69) is 4.98 Å². The van der Waals surface area contributed by atoms with Crippen molar-refractivity contribution >= 4 is 40.0 Å². The summed E-state index contributed by atoms with van der Waals surface area (Å²) in [6, 6.07) is 5.27. The zero-order valence-electron chi connectivity index (χ0n) is 13.2. The lowest BCUT2D eigenvalue weighted by Crippen LogP contribution is -2.26. The molecule has 4 nitrogen and oxygen atoms in total. The van der Waals surface area contributed by atoms with Crippen molar-refractivity contribution in [3.8, 4) is 0 Å². The Morgan fingerprint density at radius 2 is 1.86 bits per heavy atom. The van der Waals surface area contributed by atoms with Crippen molar-refractivity contribution in [3.05, 3.63) is 39.5 Å². The van der Waals surface area contributed by atoms with Gasteiger partial charge in [0, 0.05) is 17.8 Å². The zero-order valence-corrected chi connectivity index (χ0v) is 14.7. The molecule has 2 aromatic rings. The largest absolute Gasteiger partial charge is 0.280 e. The van der Waals surface area contributed by atoms with Crippen LogP contribution in [0.5, 0.6) is 0 Å². The van der Waals surface area contributed by atoms with E-state index in [1.54, 1.807) is 12.1 Å². The second-order valence-electron chi connectivity index (χ2n) is 6.05. The minimum absolute atomic E-state index is 0.249. The highest BCUT2D eigenvalue weighted by atomic mass is 35.5. The highest BCUT2D eigenvalue weighted by molar-refractivity contribution is 6.36. The van der Waals surface area contributed by atoms with Crippen molar-refractivity contribution in [2.24, 2.45) is 0 Å². The molecule has 0 aliphatic heterocycles. The van der Waals surface area contributed by atoms with Crippen LogP contribution in [0.1, 0.15) is 36.8 Å². The van der Waals surface area contributed by atoms with Crippen LogP contribution in [0.4, 0.5) is 0 Å². The molecule has 22 heavy (non-hydrogen) atoms. The normalized spacial score (nSPS) is 11.8. The van der Waals surface area contributed by atoms with Crippen LogP contribution in [0, 0.1) is 0 Å². The number of aromatic nitrogens is 1. The predicted molar refractivity (Wildman–Crippen MR) is 89.6 cm³/mol. The van der Waals surface area contributed by atoms with Gasteiger partial charge in [-0.1, -0.05) is 50.0 Å². The zero-order chi connectivity index (χ0) is 16.7. The number of nitrogens with zero attached hydrogens (tertiary/aromatic N) is 2. The van der Waals surface area contributed by atoms with E-state index in [9.17, 15) is 4.79 Å². The summed E-state index contributed by atoms with van der Waals surface area (Å²) in [6.45, 7) is 6.04. The van der Waals surface area contributed by atoms with Crippen LogP contribution in [-0.2, 0) is 10.3 Å². The summed E-state index contributed by atoms with van der Waals surface area (Å²) in [5.41, 5.74) is 1.31. The number of halogens is 2. The highest BCUT2D eigenvalue weighted by Gasteiger charge is 2.24. The molecule has 0 unspecified atom stereocenters. The molecule has 0 N–H and O–H groups in total. The lowest BCUT2D eigenvalue weighted by atomic mass is 9.91. The van der Waals surface area contributed by atoms with E-state index in [0.717, 1.165) is 16.1 Å². The first-order chi connectivity index (χ1) is 10.2. The third-order valence-electron chi connectivity index (χ3n) is 3.37. The summed E-state index contributed by atoms with van der Waals surface area (Å²) < 4.78 is 0. The maximum Gasteiger partial charge on any atom is 0.280 e. The van der Waals surface area contributed by atoms with Gasteiger partial charge in [0.2, 0.25) is 0 Å². The summed E-state index contributed by atoms with van der Waals surface area (Å²) in [4.78, 5) is 22.1. The molecule has 0 saturated heterocycles. The molecule has 0 fully saturated rings. The molecule has 1 aromatic heterocycles. The molecule has 2 rings (SSSR count). The second kappa shape index (κ2) is 6.03. The highest BCUT2D eigenvalue weighted by Crippen LogP contribution is 2.33. The van der Waals surface area contributed by atoms with E-state index in [-0.39, 0.29) is 11.3 Å². The molecule has 0 saturated carbocycles. The fourth-order valence-corrected chi connectivity index (χ4v) is 2.84. The van der Waals surface area contributed by atoms with Crippen molar-refractivity contribution in [2.75, 3.05) is 14.2 Å². The van der Waals surface area contributed by atoms with Gasteiger partial charge in [0.1, 0.15) is 0 Å². The van der Waals surface area contributed by atoms with E-state index < -0.39 is 0 Å². The van der Waals surface area contributed by atoms with Crippen molar-refractivity contribution in [3.63, 3.8) is 0 Å². The molecule has 0 spiro atoms. The minimum Gasteiger partial charge on any atom is -0.274 e. The molecule has 1 aromatic carbocycles. The van der Waals surface area contributed by atoms with E-state index in [1.807, 2.05) is 26.8 Å². The van der Waals surface area contributed by atoms with Crippen molar-refractivity contribution < 1.29 is 9.63 Å². The average molecular weight is 341 g/mol. The number of carbonyl (C=O) groups is 1. The van der Waals surface area contributed by atoms with E-state index in [0.29, 0.717) is 21.1 Å². The van der Waals surface area contributed by atoms with E-state index in [4.69, 9.17) is 28.0 Å². The topological polar surface area (TPSA) is 42.4 Å². The van der Waals surface area contributed by atoms with Gasteiger partial charge in [-0.3, -0.25) is 9.63 Å². The van der Waals surface area contributed by atoms with E-state index in [1.165, 1.54) is 14.2 Å². The lowest BCUT2D eigenvalue weighted by molar-refractivity contribution is -0.0755.